The van der Waals surface area contributed by atoms with E-state index in [9.17, 15) is 9.18 Å². The molecule has 0 saturated heterocycles. The van der Waals surface area contributed by atoms with E-state index in [2.05, 4.69) is 4.98 Å². The molecule has 18 heavy (non-hydrogen) atoms. The molecule has 0 unspecified atom stereocenters. The number of benzene rings is 1. The molecule has 2 aromatic rings. The summed E-state index contributed by atoms with van der Waals surface area (Å²) in [5.74, 6) is -0.853. The summed E-state index contributed by atoms with van der Waals surface area (Å²) in [7, 11) is 1.60. The maximum Gasteiger partial charge on any atom is 0.260 e. The lowest BCUT2D eigenvalue weighted by atomic mass is 10.1. The molecule has 5 heteroatoms. The largest absolute Gasteiger partial charge is 0.398 e. The smallest absolute Gasteiger partial charge is 0.260 e. The number of anilines is 2. The van der Waals surface area contributed by atoms with Gasteiger partial charge in [-0.25, -0.2) is 4.39 Å². The van der Waals surface area contributed by atoms with E-state index in [-0.39, 0.29) is 17.2 Å². The van der Waals surface area contributed by atoms with Crippen LogP contribution in [0, 0.1) is 5.82 Å². The monoisotopic (exact) mass is 245 g/mol. The molecule has 1 heterocycles. The summed E-state index contributed by atoms with van der Waals surface area (Å²) in [5.41, 5.74) is 6.74. The highest BCUT2D eigenvalue weighted by atomic mass is 19.1. The van der Waals surface area contributed by atoms with Gasteiger partial charge in [0.15, 0.2) is 0 Å². The van der Waals surface area contributed by atoms with Gasteiger partial charge in [0, 0.05) is 30.8 Å². The lowest BCUT2D eigenvalue weighted by Gasteiger charge is -2.18. The summed E-state index contributed by atoms with van der Waals surface area (Å²) in [6, 6.07) is 7.11. The van der Waals surface area contributed by atoms with E-state index in [0.29, 0.717) is 5.69 Å². The molecule has 2 N–H and O–H groups in total. The topological polar surface area (TPSA) is 59.2 Å². The maximum absolute atomic E-state index is 13.1. The van der Waals surface area contributed by atoms with Gasteiger partial charge in [-0.2, -0.15) is 0 Å². The van der Waals surface area contributed by atoms with Crippen LogP contribution in [-0.4, -0.2) is 17.9 Å². The second kappa shape index (κ2) is 4.83. The van der Waals surface area contributed by atoms with Crippen molar-refractivity contribution < 1.29 is 9.18 Å². The fourth-order valence-corrected chi connectivity index (χ4v) is 1.58. The lowest BCUT2D eigenvalue weighted by Crippen LogP contribution is -2.27. The zero-order valence-electron chi connectivity index (χ0n) is 9.80. The van der Waals surface area contributed by atoms with Gasteiger partial charge in [0.1, 0.15) is 5.82 Å². The van der Waals surface area contributed by atoms with Crippen molar-refractivity contribution in [2.45, 2.75) is 0 Å². The summed E-state index contributed by atoms with van der Waals surface area (Å²) >= 11 is 0. The number of aromatic nitrogens is 1. The molecule has 0 radical (unpaired) electrons. The van der Waals surface area contributed by atoms with Crippen LogP contribution >= 0.6 is 0 Å². The number of carbonyl (C=O) groups is 1. The highest BCUT2D eigenvalue weighted by Crippen LogP contribution is 2.19. The van der Waals surface area contributed by atoms with Crippen LogP contribution in [0.3, 0.4) is 0 Å². The number of nitrogens with two attached hydrogens (primary N) is 1. The van der Waals surface area contributed by atoms with Crippen LogP contribution in [0.5, 0.6) is 0 Å². The van der Waals surface area contributed by atoms with Gasteiger partial charge >= 0.3 is 0 Å². The molecule has 0 aliphatic rings. The fourth-order valence-electron chi connectivity index (χ4n) is 1.58. The molecule has 0 aliphatic heterocycles. The average Bonchev–Trinajstić information content (AvgIpc) is 2.41. The number of halogens is 1. The van der Waals surface area contributed by atoms with Crippen molar-refractivity contribution in [2.75, 3.05) is 17.7 Å². The SMILES string of the molecule is CN(C(=O)c1cc(F)ccc1N)c1ccncc1. The summed E-state index contributed by atoms with van der Waals surface area (Å²) < 4.78 is 13.1. The average molecular weight is 245 g/mol. The first-order valence-corrected chi connectivity index (χ1v) is 5.32. The number of nitrogen functional groups attached to an aromatic ring is 1. The Morgan fingerprint density at radius 1 is 1.28 bits per heavy atom. The molecule has 0 fully saturated rings. The number of rotatable bonds is 2. The van der Waals surface area contributed by atoms with Gasteiger partial charge in [0.05, 0.1) is 5.56 Å². The van der Waals surface area contributed by atoms with Crippen LogP contribution in [0.15, 0.2) is 42.7 Å². The molecule has 1 aromatic carbocycles. The van der Waals surface area contributed by atoms with Crippen molar-refractivity contribution in [1.29, 1.82) is 0 Å². The van der Waals surface area contributed by atoms with Gasteiger partial charge in [-0.1, -0.05) is 0 Å². The Hall–Kier alpha value is -2.43. The molecule has 0 saturated carbocycles. The van der Waals surface area contributed by atoms with Crippen LogP contribution < -0.4 is 10.6 Å². The summed E-state index contributed by atoms with van der Waals surface area (Å²) in [6.07, 6.45) is 3.15. The van der Waals surface area contributed by atoms with Gasteiger partial charge < -0.3 is 10.6 Å². The Balaban J connectivity index is 2.34. The standard InChI is InChI=1S/C13H12FN3O/c1-17(10-4-6-16-7-5-10)13(18)11-8-9(14)2-3-12(11)15/h2-8H,15H2,1H3. The van der Waals surface area contributed by atoms with Crippen molar-refractivity contribution in [1.82, 2.24) is 4.98 Å². The van der Waals surface area contributed by atoms with Gasteiger partial charge in [-0.15, -0.1) is 0 Å². The van der Waals surface area contributed by atoms with E-state index < -0.39 is 5.82 Å². The number of hydrogen-bond donors (Lipinski definition) is 1. The van der Waals surface area contributed by atoms with Gasteiger partial charge in [-0.3, -0.25) is 9.78 Å². The first-order chi connectivity index (χ1) is 8.59. The number of amides is 1. The van der Waals surface area contributed by atoms with E-state index in [0.717, 1.165) is 6.07 Å². The van der Waals surface area contributed by atoms with Crippen LogP contribution in [0.1, 0.15) is 10.4 Å². The molecule has 0 bridgehead atoms. The first kappa shape index (κ1) is 12.0. The Morgan fingerprint density at radius 2 is 1.94 bits per heavy atom. The Labute approximate surface area is 104 Å². The third-order valence-corrected chi connectivity index (χ3v) is 2.60. The molecule has 1 aromatic heterocycles. The highest BCUT2D eigenvalue weighted by Gasteiger charge is 2.16. The second-order valence-electron chi connectivity index (χ2n) is 3.80. The molecular weight excluding hydrogens is 233 g/mol. The molecule has 0 spiro atoms. The van der Waals surface area contributed by atoms with E-state index in [1.165, 1.54) is 17.0 Å². The first-order valence-electron chi connectivity index (χ1n) is 5.32. The normalized spacial score (nSPS) is 10.1. The van der Waals surface area contributed by atoms with Crippen molar-refractivity contribution in [3.63, 3.8) is 0 Å². The maximum atomic E-state index is 13.1. The third kappa shape index (κ3) is 2.29. The van der Waals surface area contributed by atoms with Crippen molar-refractivity contribution >= 4 is 17.3 Å². The quantitative estimate of drug-likeness (QED) is 0.824. The van der Waals surface area contributed by atoms with Crippen LogP contribution in [-0.2, 0) is 0 Å². The Morgan fingerprint density at radius 3 is 2.61 bits per heavy atom. The van der Waals surface area contributed by atoms with Gasteiger partial charge in [-0.05, 0) is 30.3 Å². The molecule has 0 atom stereocenters. The molecular formula is C13H12FN3O. The third-order valence-electron chi connectivity index (χ3n) is 2.60. The number of nitrogens with zero attached hydrogens (tertiary/aromatic N) is 2. The van der Waals surface area contributed by atoms with Gasteiger partial charge in [0.25, 0.3) is 5.91 Å². The van der Waals surface area contributed by atoms with Crippen LogP contribution in [0.2, 0.25) is 0 Å². The summed E-state index contributed by atoms with van der Waals surface area (Å²) in [6.45, 7) is 0. The molecule has 1 amide bonds. The van der Waals surface area contributed by atoms with E-state index in [1.54, 1.807) is 31.6 Å². The minimum absolute atomic E-state index is 0.148. The van der Waals surface area contributed by atoms with Crippen LogP contribution in [0.4, 0.5) is 15.8 Å². The minimum atomic E-state index is -0.490. The Kier molecular flexibility index (Phi) is 3.23. The summed E-state index contributed by atoms with van der Waals surface area (Å²) in [4.78, 5) is 17.4. The van der Waals surface area contributed by atoms with Gasteiger partial charge in [0.2, 0.25) is 0 Å². The number of hydrogen-bond acceptors (Lipinski definition) is 3. The zero-order valence-corrected chi connectivity index (χ0v) is 9.80. The number of pyridine rings is 1. The predicted molar refractivity (Wildman–Crippen MR) is 67.8 cm³/mol. The highest BCUT2D eigenvalue weighted by molar-refractivity contribution is 6.08. The number of carbonyl (C=O) groups excluding carboxylic acids is 1. The summed E-state index contributed by atoms with van der Waals surface area (Å²) in [5, 5.41) is 0. The van der Waals surface area contributed by atoms with E-state index >= 15 is 0 Å². The molecule has 4 nitrogen and oxygen atoms in total. The van der Waals surface area contributed by atoms with Crippen LogP contribution in [0.25, 0.3) is 0 Å². The second-order valence-corrected chi connectivity index (χ2v) is 3.80. The lowest BCUT2D eigenvalue weighted by molar-refractivity contribution is 0.0993. The fraction of sp³-hybridized carbons (Fsp3) is 0.0769. The Bertz CT molecular complexity index is 572. The van der Waals surface area contributed by atoms with Crippen molar-refractivity contribution in [3.8, 4) is 0 Å². The van der Waals surface area contributed by atoms with E-state index in [4.69, 9.17) is 5.73 Å². The van der Waals surface area contributed by atoms with Crippen molar-refractivity contribution in [3.05, 3.63) is 54.1 Å². The van der Waals surface area contributed by atoms with E-state index in [1.807, 2.05) is 0 Å². The molecule has 92 valence electrons. The predicted octanol–water partition coefficient (Wildman–Crippen LogP) is 2.08. The molecule has 0 aliphatic carbocycles. The van der Waals surface area contributed by atoms with Crippen molar-refractivity contribution in [2.24, 2.45) is 0 Å². The minimum Gasteiger partial charge on any atom is -0.398 e. The zero-order chi connectivity index (χ0) is 13.1. The molecule has 2 rings (SSSR count).